The Morgan fingerprint density at radius 1 is 1.15 bits per heavy atom. The molecule has 3 nitrogen and oxygen atoms in total. The van der Waals surface area contributed by atoms with Gasteiger partial charge in [0.2, 0.25) is 5.88 Å². The summed E-state index contributed by atoms with van der Waals surface area (Å²) in [6.07, 6.45) is 11.2. The molecule has 2 fully saturated rings. The molecule has 1 aromatic rings. The SMILES string of the molecule is Fc1cnc(OC2CCCCCC2)c(CNC2CC2)c1. The predicted molar refractivity (Wildman–Crippen MR) is 76.2 cm³/mol. The van der Waals surface area contributed by atoms with Crippen LogP contribution in [0.3, 0.4) is 0 Å². The van der Waals surface area contributed by atoms with E-state index in [1.54, 1.807) is 6.07 Å². The molecular formula is C16H23FN2O. The van der Waals surface area contributed by atoms with Crippen molar-refractivity contribution in [2.75, 3.05) is 0 Å². The Bertz CT molecular complexity index is 440. The second-order valence-electron chi connectivity index (χ2n) is 6.00. The highest BCUT2D eigenvalue weighted by atomic mass is 19.1. The number of nitrogens with zero attached hydrogens (tertiary/aromatic N) is 1. The van der Waals surface area contributed by atoms with Crippen molar-refractivity contribution in [2.24, 2.45) is 0 Å². The minimum atomic E-state index is -0.286. The average Bonchev–Trinajstić information content (AvgIpc) is 3.26. The van der Waals surface area contributed by atoms with Crippen LogP contribution in [0, 0.1) is 5.82 Å². The molecule has 4 heteroatoms. The molecule has 2 saturated carbocycles. The Morgan fingerprint density at radius 2 is 1.90 bits per heavy atom. The molecule has 20 heavy (non-hydrogen) atoms. The third-order valence-electron chi connectivity index (χ3n) is 4.13. The van der Waals surface area contributed by atoms with Crippen LogP contribution in [0.1, 0.15) is 56.9 Å². The van der Waals surface area contributed by atoms with Gasteiger partial charge in [0.1, 0.15) is 11.9 Å². The maximum Gasteiger partial charge on any atom is 0.218 e. The van der Waals surface area contributed by atoms with Gasteiger partial charge >= 0.3 is 0 Å². The van der Waals surface area contributed by atoms with E-state index < -0.39 is 0 Å². The van der Waals surface area contributed by atoms with Crippen molar-refractivity contribution in [1.82, 2.24) is 10.3 Å². The zero-order chi connectivity index (χ0) is 13.8. The van der Waals surface area contributed by atoms with Gasteiger partial charge in [-0.25, -0.2) is 9.37 Å². The van der Waals surface area contributed by atoms with Gasteiger partial charge in [-0.05, 0) is 44.6 Å². The van der Waals surface area contributed by atoms with Crippen molar-refractivity contribution in [3.05, 3.63) is 23.6 Å². The number of hydrogen-bond donors (Lipinski definition) is 1. The number of aromatic nitrogens is 1. The summed E-state index contributed by atoms with van der Waals surface area (Å²) in [7, 11) is 0. The van der Waals surface area contributed by atoms with Crippen LogP contribution in [0.4, 0.5) is 4.39 Å². The lowest BCUT2D eigenvalue weighted by molar-refractivity contribution is 0.173. The average molecular weight is 278 g/mol. The van der Waals surface area contributed by atoms with E-state index in [1.165, 1.54) is 44.7 Å². The summed E-state index contributed by atoms with van der Waals surface area (Å²) in [5, 5.41) is 3.40. The first-order valence-electron chi connectivity index (χ1n) is 7.86. The van der Waals surface area contributed by atoms with Crippen molar-refractivity contribution >= 4 is 0 Å². The standard InChI is InChI=1S/C16H23FN2O/c17-13-9-12(10-18-14-7-8-14)16(19-11-13)20-15-5-3-1-2-4-6-15/h9,11,14-15,18H,1-8,10H2. The van der Waals surface area contributed by atoms with Crippen LogP contribution < -0.4 is 10.1 Å². The molecule has 2 aliphatic rings. The largest absolute Gasteiger partial charge is 0.474 e. The van der Waals surface area contributed by atoms with Crippen LogP contribution in [-0.2, 0) is 6.54 Å². The molecule has 0 saturated heterocycles. The van der Waals surface area contributed by atoms with Gasteiger partial charge in [-0.2, -0.15) is 0 Å². The first kappa shape index (κ1) is 13.8. The van der Waals surface area contributed by atoms with E-state index in [1.807, 2.05) is 0 Å². The fourth-order valence-electron chi connectivity index (χ4n) is 2.76. The first-order valence-corrected chi connectivity index (χ1v) is 7.86. The minimum absolute atomic E-state index is 0.245. The Labute approximate surface area is 119 Å². The van der Waals surface area contributed by atoms with Crippen LogP contribution >= 0.6 is 0 Å². The monoisotopic (exact) mass is 278 g/mol. The van der Waals surface area contributed by atoms with Gasteiger partial charge in [0.05, 0.1) is 6.20 Å². The molecule has 110 valence electrons. The van der Waals surface area contributed by atoms with Gasteiger partial charge in [0, 0.05) is 18.2 Å². The lowest BCUT2D eigenvalue weighted by Crippen LogP contribution is -2.20. The molecule has 0 unspecified atom stereocenters. The fraction of sp³-hybridized carbons (Fsp3) is 0.688. The van der Waals surface area contributed by atoms with Crippen LogP contribution in [0.2, 0.25) is 0 Å². The van der Waals surface area contributed by atoms with E-state index in [0.717, 1.165) is 18.4 Å². The van der Waals surface area contributed by atoms with Gasteiger partial charge in [-0.1, -0.05) is 12.8 Å². The van der Waals surface area contributed by atoms with Crippen molar-refractivity contribution in [3.8, 4) is 5.88 Å². The topological polar surface area (TPSA) is 34.1 Å². The Kier molecular flexibility index (Phi) is 4.51. The second kappa shape index (κ2) is 6.53. The lowest BCUT2D eigenvalue weighted by Gasteiger charge is -2.18. The van der Waals surface area contributed by atoms with Crippen LogP contribution in [0.25, 0.3) is 0 Å². The molecule has 0 aliphatic heterocycles. The Hall–Kier alpha value is -1.16. The molecule has 1 heterocycles. The molecule has 0 atom stereocenters. The van der Waals surface area contributed by atoms with Crippen molar-refractivity contribution in [2.45, 2.75) is 70.1 Å². The van der Waals surface area contributed by atoms with E-state index in [2.05, 4.69) is 10.3 Å². The highest BCUT2D eigenvalue weighted by molar-refractivity contribution is 5.26. The molecule has 3 rings (SSSR count). The van der Waals surface area contributed by atoms with Crippen LogP contribution in [0.15, 0.2) is 12.3 Å². The maximum atomic E-state index is 13.4. The van der Waals surface area contributed by atoms with E-state index in [4.69, 9.17) is 4.74 Å². The van der Waals surface area contributed by atoms with E-state index >= 15 is 0 Å². The number of pyridine rings is 1. The molecule has 0 radical (unpaired) electrons. The third-order valence-corrected chi connectivity index (χ3v) is 4.13. The number of ether oxygens (including phenoxy) is 1. The lowest BCUT2D eigenvalue weighted by atomic mass is 10.1. The van der Waals surface area contributed by atoms with Crippen LogP contribution in [-0.4, -0.2) is 17.1 Å². The van der Waals surface area contributed by atoms with Crippen molar-refractivity contribution in [3.63, 3.8) is 0 Å². The molecule has 0 aromatic carbocycles. The zero-order valence-corrected chi connectivity index (χ0v) is 11.9. The van der Waals surface area contributed by atoms with Gasteiger partial charge in [0.15, 0.2) is 0 Å². The van der Waals surface area contributed by atoms with Crippen molar-refractivity contribution < 1.29 is 9.13 Å². The molecule has 2 aliphatic carbocycles. The van der Waals surface area contributed by atoms with E-state index in [9.17, 15) is 4.39 Å². The summed E-state index contributed by atoms with van der Waals surface area (Å²) in [5.41, 5.74) is 0.848. The third kappa shape index (κ3) is 3.92. The maximum absolute atomic E-state index is 13.4. The molecule has 1 N–H and O–H groups in total. The second-order valence-corrected chi connectivity index (χ2v) is 6.00. The zero-order valence-electron chi connectivity index (χ0n) is 11.9. The highest BCUT2D eigenvalue weighted by Gasteiger charge is 2.22. The van der Waals surface area contributed by atoms with Gasteiger partial charge in [-0.15, -0.1) is 0 Å². The summed E-state index contributed by atoms with van der Waals surface area (Å²) >= 11 is 0. The summed E-state index contributed by atoms with van der Waals surface area (Å²) < 4.78 is 19.4. The normalized spacial score (nSPS) is 20.6. The number of hydrogen-bond acceptors (Lipinski definition) is 3. The summed E-state index contributed by atoms with van der Waals surface area (Å²) in [4.78, 5) is 4.16. The number of halogens is 1. The summed E-state index contributed by atoms with van der Waals surface area (Å²) in [6, 6.07) is 2.15. The van der Waals surface area contributed by atoms with Gasteiger partial charge < -0.3 is 10.1 Å². The van der Waals surface area contributed by atoms with Crippen LogP contribution in [0.5, 0.6) is 5.88 Å². The quantitative estimate of drug-likeness (QED) is 0.836. The molecule has 0 spiro atoms. The molecule has 0 amide bonds. The smallest absolute Gasteiger partial charge is 0.218 e. The van der Waals surface area contributed by atoms with Crippen molar-refractivity contribution in [1.29, 1.82) is 0 Å². The van der Waals surface area contributed by atoms with E-state index in [-0.39, 0.29) is 11.9 Å². The Morgan fingerprint density at radius 3 is 2.60 bits per heavy atom. The first-order chi connectivity index (χ1) is 9.81. The highest BCUT2D eigenvalue weighted by Crippen LogP contribution is 2.25. The Balaban J connectivity index is 1.66. The molecule has 0 bridgehead atoms. The number of nitrogens with one attached hydrogen (secondary N) is 1. The summed E-state index contributed by atoms with van der Waals surface area (Å²) in [6.45, 7) is 0.650. The molecule has 1 aromatic heterocycles. The molecular weight excluding hydrogens is 255 g/mol. The summed E-state index contributed by atoms with van der Waals surface area (Å²) in [5.74, 6) is 0.331. The van der Waals surface area contributed by atoms with Gasteiger partial charge in [-0.3, -0.25) is 0 Å². The van der Waals surface area contributed by atoms with Gasteiger partial charge in [0.25, 0.3) is 0 Å². The van der Waals surface area contributed by atoms with E-state index in [0.29, 0.717) is 18.5 Å². The number of rotatable bonds is 5. The fourth-order valence-corrected chi connectivity index (χ4v) is 2.76. The predicted octanol–water partition coefficient (Wildman–Crippen LogP) is 3.57. The minimum Gasteiger partial charge on any atom is -0.474 e.